The smallest absolute Gasteiger partial charge is 0.144 e. The highest BCUT2D eigenvalue weighted by atomic mass is 16.5. The molecule has 0 saturated carbocycles. The Labute approximate surface area is 97.2 Å². The average molecular weight is 232 g/mol. The molecular weight excluding hydrogens is 220 g/mol. The largest absolute Gasteiger partial charge is 0.491 e. The molecule has 1 aromatic heterocycles. The van der Waals surface area contributed by atoms with Gasteiger partial charge in [0.2, 0.25) is 0 Å². The molecule has 0 spiro atoms. The number of nitrogens with zero attached hydrogens (tertiary/aromatic N) is 4. The number of benzene rings is 1. The van der Waals surface area contributed by atoms with Crippen LogP contribution in [0.2, 0.25) is 0 Å². The van der Waals surface area contributed by atoms with Gasteiger partial charge in [-0.3, -0.25) is 5.10 Å². The lowest BCUT2D eigenvalue weighted by Gasteiger charge is -2.07. The third-order valence-corrected chi connectivity index (χ3v) is 2.29. The van der Waals surface area contributed by atoms with Gasteiger partial charge in [-0.2, -0.15) is 5.10 Å². The van der Waals surface area contributed by atoms with Crippen LogP contribution in [0, 0.1) is 0 Å². The standard InChI is InChI=1S/C10H12N6O/c11-8-4-7-6-14-15-9(7)5-10(8)17-3-1-2-13-16-12/h4-6H,1-3,11H2,(H,14,15). The summed E-state index contributed by atoms with van der Waals surface area (Å²) in [7, 11) is 0. The second-order valence-corrected chi connectivity index (χ2v) is 3.50. The second-order valence-electron chi connectivity index (χ2n) is 3.50. The van der Waals surface area contributed by atoms with Gasteiger partial charge in [-0.1, -0.05) is 5.11 Å². The number of anilines is 1. The highest BCUT2D eigenvalue weighted by molar-refractivity contribution is 5.84. The van der Waals surface area contributed by atoms with E-state index in [0.29, 0.717) is 31.0 Å². The maximum Gasteiger partial charge on any atom is 0.144 e. The third kappa shape index (κ3) is 2.59. The van der Waals surface area contributed by atoms with Crippen molar-refractivity contribution in [2.24, 2.45) is 5.11 Å². The number of ether oxygens (including phenoxy) is 1. The molecule has 0 bridgehead atoms. The van der Waals surface area contributed by atoms with Gasteiger partial charge < -0.3 is 10.5 Å². The summed E-state index contributed by atoms with van der Waals surface area (Å²) in [5.74, 6) is 0.614. The van der Waals surface area contributed by atoms with Crippen LogP contribution in [-0.4, -0.2) is 23.3 Å². The van der Waals surface area contributed by atoms with Crippen molar-refractivity contribution >= 4 is 16.6 Å². The molecule has 7 heteroatoms. The van der Waals surface area contributed by atoms with Gasteiger partial charge in [-0.15, -0.1) is 0 Å². The summed E-state index contributed by atoms with van der Waals surface area (Å²) in [6.45, 7) is 0.881. The number of aromatic amines is 1. The Hall–Kier alpha value is -2.40. The summed E-state index contributed by atoms with van der Waals surface area (Å²) in [6, 6.07) is 3.62. The zero-order valence-corrected chi connectivity index (χ0v) is 9.13. The van der Waals surface area contributed by atoms with Crippen molar-refractivity contribution in [2.75, 3.05) is 18.9 Å². The third-order valence-electron chi connectivity index (χ3n) is 2.29. The lowest BCUT2D eigenvalue weighted by molar-refractivity contribution is 0.315. The molecule has 0 saturated heterocycles. The van der Waals surface area contributed by atoms with Gasteiger partial charge >= 0.3 is 0 Å². The van der Waals surface area contributed by atoms with Crippen molar-refractivity contribution in [1.29, 1.82) is 0 Å². The molecule has 2 rings (SSSR count). The number of nitrogens with one attached hydrogen (secondary N) is 1. The fourth-order valence-corrected chi connectivity index (χ4v) is 1.48. The fraction of sp³-hybridized carbons (Fsp3) is 0.300. The quantitative estimate of drug-likeness (QED) is 0.271. The van der Waals surface area contributed by atoms with Crippen LogP contribution in [-0.2, 0) is 0 Å². The van der Waals surface area contributed by atoms with Crippen molar-refractivity contribution in [2.45, 2.75) is 6.42 Å². The summed E-state index contributed by atoms with van der Waals surface area (Å²) >= 11 is 0. The first-order valence-electron chi connectivity index (χ1n) is 5.17. The first kappa shape index (κ1) is 11.1. The number of nitrogens with two attached hydrogens (primary N) is 1. The molecule has 0 amide bonds. The summed E-state index contributed by atoms with van der Waals surface area (Å²) < 4.78 is 5.50. The normalized spacial score (nSPS) is 10.1. The Balaban J connectivity index is 2.02. The molecule has 0 fully saturated rings. The molecule has 17 heavy (non-hydrogen) atoms. The van der Waals surface area contributed by atoms with Gasteiger partial charge in [-0.05, 0) is 18.0 Å². The average Bonchev–Trinajstić information content (AvgIpc) is 2.76. The summed E-state index contributed by atoms with van der Waals surface area (Å²) in [6.07, 6.45) is 2.36. The number of rotatable bonds is 5. The minimum atomic E-state index is 0.419. The number of azide groups is 1. The molecule has 2 aromatic rings. The minimum absolute atomic E-state index is 0.419. The summed E-state index contributed by atoms with van der Waals surface area (Å²) in [5, 5.41) is 11.1. The van der Waals surface area contributed by atoms with E-state index in [-0.39, 0.29) is 0 Å². The molecule has 1 heterocycles. The Bertz CT molecular complexity index is 557. The van der Waals surface area contributed by atoms with Gasteiger partial charge in [0.1, 0.15) is 5.75 Å². The topological polar surface area (TPSA) is 113 Å². The number of hydrogen-bond donors (Lipinski definition) is 2. The molecule has 0 aliphatic rings. The summed E-state index contributed by atoms with van der Waals surface area (Å²) in [4.78, 5) is 2.66. The Morgan fingerprint density at radius 3 is 3.24 bits per heavy atom. The maximum atomic E-state index is 8.11. The van der Waals surface area contributed by atoms with Crippen LogP contribution in [0.15, 0.2) is 23.4 Å². The second kappa shape index (κ2) is 5.09. The number of hydrogen-bond acceptors (Lipinski definition) is 4. The van der Waals surface area contributed by atoms with Crippen LogP contribution < -0.4 is 10.5 Å². The zero-order chi connectivity index (χ0) is 12.1. The van der Waals surface area contributed by atoms with Crippen molar-refractivity contribution in [3.05, 3.63) is 28.8 Å². The lowest BCUT2D eigenvalue weighted by atomic mass is 10.2. The van der Waals surface area contributed by atoms with E-state index in [4.69, 9.17) is 16.0 Å². The van der Waals surface area contributed by atoms with E-state index in [0.717, 1.165) is 10.9 Å². The Morgan fingerprint density at radius 2 is 2.41 bits per heavy atom. The van der Waals surface area contributed by atoms with Gasteiger partial charge in [0, 0.05) is 22.9 Å². The molecule has 88 valence electrons. The van der Waals surface area contributed by atoms with Gasteiger partial charge in [-0.25, -0.2) is 0 Å². The molecule has 3 N–H and O–H groups in total. The van der Waals surface area contributed by atoms with E-state index in [2.05, 4.69) is 20.2 Å². The first-order chi connectivity index (χ1) is 8.31. The fourth-order valence-electron chi connectivity index (χ4n) is 1.48. The zero-order valence-electron chi connectivity index (χ0n) is 9.13. The molecule has 0 aliphatic heterocycles. The number of H-pyrrole nitrogens is 1. The van der Waals surface area contributed by atoms with Crippen molar-refractivity contribution in [3.63, 3.8) is 0 Å². The molecule has 7 nitrogen and oxygen atoms in total. The SMILES string of the molecule is [N-]=[N+]=NCCCOc1cc2[nH]ncc2cc1N. The van der Waals surface area contributed by atoms with E-state index in [9.17, 15) is 0 Å². The van der Waals surface area contributed by atoms with Crippen molar-refractivity contribution < 1.29 is 4.74 Å². The van der Waals surface area contributed by atoms with E-state index in [1.54, 1.807) is 6.20 Å². The monoisotopic (exact) mass is 232 g/mol. The highest BCUT2D eigenvalue weighted by Gasteiger charge is 2.04. The number of nitrogen functional groups attached to an aromatic ring is 1. The van der Waals surface area contributed by atoms with E-state index in [1.165, 1.54) is 0 Å². The minimum Gasteiger partial charge on any atom is -0.491 e. The number of fused-ring (bicyclic) bond motifs is 1. The first-order valence-corrected chi connectivity index (χ1v) is 5.17. The van der Waals surface area contributed by atoms with Crippen molar-refractivity contribution in [1.82, 2.24) is 10.2 Å². The predicted octanol–water partition coefficient (Wildman–Crippen LogP) is 2.22. The van der Waals surface area contributed by atoms with E-state index >= 15 is 0 Å². The molecule has 0 atom stereocenters. The Kier molecular flexibility index (Phi) is 3.32. The molecule has 0 unspecified atom stereocenters. The van der Waals surface area contributed by atoms with Crippen LogP contribution in [0.5, 0.6) is 5.75 Å². The van der Waals surface area contributed by atoms with Crippen LogP contribution in [0.25, 0.3) is 21.3 Å². The van der Waals surface area contributed by atoms with Gasteiger partial charge in [0.15, 0.2) is 0 Å². The molecule has 0 radical (unpaired) electrons. The lowest BCUT2D eigenvalue weighted by Crippen LogP contribution is -2.01. The molecule has 0 aliphatic carbocycles. The van der Waals surface area contributed by atoms with Crippen LogP contribution in [0.1, 0.15) is 6.42 Å². The van der Waals surface area contributed by atoms with E-state index < -0.39 is 0 Å². The Morgan fingerprint density at radius 1 is 1.53 bits per heavy atom. The molecule has 1 aromatic carbocycles. The van der Waals surface area contributed by atoms with Gasteiger partial charge in [0.05, 0.1) is 24.0 Å². The van der Waals surface area contributed by atoms with Crippen molar-refractivity contribution in [3.8, 4) is 5.75 Å². The summed E-state index contributed by atoms with van der Waals surface area (Å²) in [5.41, 5.74) is 15.4. The van der Waals surface area contributed by atoms with Crippen LogP contribution in [0.3, 0.4) is 0 Å². The van der Waals surface area contributed by atoms with Crippen LogP contribution >= 0.6 is 0 Å². The van der Waals surface area contributed by atoms with Crippen LogP contribution in [0.4, 0.5) is 5.69 Å². The van der Waals surface area contributed by atoms with E-state index in [1.807, 2.05) is 12.1 Å². The maximum absolute atomic E-state index is 8.11. The molecular formula is C10H12N6O. The highest BCUT2D eigenvalue weighted by Crippen LogP contribution is 2.26. The number of aromatic nitrogens is 2. The van der Waals surface area contributed by atoms with Gasteiger partial charge in [0.25, 0.3) is 0 Å². The predicted molar refractivity (Wildman–Crippen MR) is 64.6 cm³/mol.